The molecule has 0 spiro atoms. The van der Waals surface area contributed by atoms with Crippen molar-refractivity contribution in [1.29, 1.82) is 0 Å². The van der Waals surface area contributed by atoms with E-state index in [2.05, 4.69) is 9.97 Å². The molecule has 0 radical (unpaired) electrons. The molecule has 0 saturated carbocycles. The van der Waals surface area contributed by atoms with E-state index >= 15 is 0 Å². The van der Waals surface area contributed by atoms with Gasteiger partial charge in [0, 0.05) is 18.6 Å². The number of thiocarbonyl (C=S) groups is 1. The number of hydrogen-bond acceptors (Lipinski definition) is 3. The topological polar surface area (TPSA) is 56.7 Å². The van der Waals surface area contributed by atoms with Gasteiger partial charge in [-0.25, -0.2) is 4.98 Å². The number of hydrogen-bond donors (Lipinski definition) is 1. The molecule has 2 N–H and O–H groups in total. The molecule has 0 aliphatic carbocycles. The third kappa shape index (κ3) is 1.87. The second-order valence-corrected chi connectivity index (χ2v) is 3.55. The first-order chi connectivity index (χ1) is 7.18. The summed E-state index contributed by atoms with van der Waals surface area (Å²) in [5.74, 6) is 0.912. The largest absolute Gasteiger partial charge is 0.388 e. The molecule has 2 aromatic heterocycles. The van der Waals surface area contributed by atoms with Gasteiger partial charge in [0.2, 0.25) is 0 Å². The Hall–Kier alpha value is -1.75. The van der Waals surface area contributed by atoms with Crippen molar-refractivity contribution in [2.45, 2.75) is 6.92 Å². The van der Waals surface area contributed by atoms with E-state index in [9.17, 15) is 0 Å². The maximum absolute atomic E-state index is 5.52. The Bertz CT molecular complexity index is 504. The second-order valence-electron chi connectivity index (χ2n) is 3.11. The fourth-order valence-corrected chi connectivity index (χ4v) is 1.47. The average Bonchev–Trinajstić information content (AvgIpc) is 2.64. The van der Waals surface area contributed by atoms with Gasteiger partial charge in [0.25, 0.3) is 0 Å². The maximum Gasteiger partial charge on any atom is 0.122 e. The quantitative estimate of drug-likeness (QED) is 0.770. The van der Waals surface area contributed by atoms with Crippen molar-refractivity contribution in [2.75, 3.05) is 0 Å². The number of pyridine rings is 1. The van der Waals surface area contributed by atoms with Crippen molar-refractivity contribution in [1.82, 2.24) is 14.5 Å². The van der Waals surface area contributed by atoms with Crippen LogP contribution in [0.1, 0.15) is 11.5 Å². The normalized spacial score (nSPS) is 10.2. The summed E-state index contributed by atoms with van der Waals surface area (Å²) < 4.78 is 1.95. The van der Waals surface area contributed by atoms with Crippen molar-refractivity contribution in [3.63, 3.8) is 0 Å². The van der Waals surface area contributed by atoms with E-state index < -0.39 is 0 Å². The highest BCUT2D eigenvalue weighted by molar-refractivity contribution is 7.80. The van der Waals surface area contributed by atoms with Crippen LogP contribution in [-0.4, -0.2) is 19.5 Å². The van der Waals surface area contributed by atoms with Crippen LogP contribution in [-0.2, 0) is 0 Å². The molecule has 0 amide bonds. The van der Waals surface area contributed by atoms with E-state index in [0.717, 1.165) is 11.5 Å². The predicted molar refractivity (Wildman–Crippen MR) is 62.0 cm³/mol. The summed E-state index contributed by atoms with van der Waals surface area (Å²) in [5, 5.41) is 0. The van der Waals surface area contributed by atoms with Crippen LogP contribution in [0.3, 0.4) is 0 Å². The lowest BCUT2D eigenvalue weighted by atomic mass is 10.3. The van der Waals surface area contributed by atoms with Crippen molar-refractivity contribution in [3.8, 4) is 5.69 Å². The molecule has 0 fully saturated rings. The molecule has 5 heteroatoms. The Kier molecular flexibility index (Phi) is 2.47. The molecule has 15 heavy (non-hydrogen) atoms. The van der Waals surface area contributed by atoms with Crippen LogP contribution in [0.4, 0.5) is 0 Å². The van der Waals surface area contributed by atoms with Crippen LogP contribution in [0.15, 0.2) is 30.7 Å². The zero-order chi connectivity index (χ0) is 10.8. The second kappa shape index (κ2) is 3.78. The third-order valence-electron chi connectivity index (χ3n) is 2.10. The monoisotopic (exact) mass is 218 g/mol. The Balaban J connectivity index is 2.50. The van der Waals surface area contributed by atoms with Crippen LogP contribution in [0.5, 0.6) is 0 Å². The number of rotatable bonds is 2. The molecular weight excluding hydrogens is 208 g/mol. The minimum absolute atomic E-state index is 0.301. The van der Waals surface area contributed by atoms with E-state index in [1.165, 1.54) is 0 Å². The van der Waals surface area contributed by atoms with Gasteiger partial charge in [0.1, 0.15) is 10.8 Å². The zero-order valence-corrected chi connectivity index (χ0v) is 9.03. The van der Waals surface area contributed by atoms with Crippen molar-refractivity contribution < 1.29 is 0 Å². The third-order valence-corrected chi connectivity index (χ3v) is 2.31. The summed E-state index contributed by atoms with van der Waals surface area (Å²) in [6.07, 6.45) is 5.31. The molecule has 2 rings (SSSR count). The number of aromatic nitrogens is 3. The van der Waals surface area contributed by atoms with Gasteiger partial charge < -0.3 is 10.3 Å². The molecule has 2 aromatic rings. The van der Waals surface area contributed by atoms with Crippen LogP contribution in [0.25, 0.3) is 5.69 Å². The summed E-state index contributed by atoms with van der Waals surface area (Å²) in [5.41, 5.74) is 7.10. The summed E-state index contributed by atoms with van der Waals surface area (Å²) in [4.78, 5) is 8.53. The molecule has 2 heterocycles. The first-order valence-electron chi connectivity index (χ1n) is 4.44. The first-order valence-corrected chi connectivity index (χ1v) is 4.85. The molecule has 76 valence electrons. The summed E-state index contributed by atoms with van der Waals surface area (Å²) in [6.45, 7) is 1.93. The highest BCUT2D eigenvalue weighted by Crippen LogP contribution is 2.10. The minimum Gasteiger partial charge on any atom is -0.388 e. The molecule has 0 atom stereocenters. The standard InChI is InChI=1S/C10H10N4S/c1-7-12-4-5-14(7)8-2-3-13-9(6-8)10(11)15/h2-6H,1H3,(H2,11,15). The van der Waals surface area contributed by atoms with E-state index in [4.69, 9.17) is 18.0 Å². The van der Waals surface area contributed by atoms with E-state index in [1.54, 1.807) is 12.4 Å². The molecule has 0 aliphatic rings. The molecule has 0 unspecified atom stereocenters. The Morgan fingerprint density at radius 1 is 1.40 bits per heavy atom. The SMILES string of the molecule is Cc1nccn1-c1ccnc(C(N)=S)c1. The van der Waals surface area contributed by atoms with Crippen molar-refractivity contribution in [2.24, 2.45) is 5.73 Å². The summed E-state index contributed by atoms with van der Waals surface area (Å²) >= 11 is 4.87. The van der Waals surface area contributed by atoms with E-state index in [0.29, 0.717) is 10.7 Å². The van der Waals surface area contributed by atoms with Gasteiger partial charge in [-0.1, -0.05) is 12.2 Å². The zero-order valence-electron chi connectivity index (χ0n) is 8.21. The number of nitrogens with two attached hydrogens (primary N) is 1. The van der Waals surface area contributed by atoms with Gasteiger partial charge in [0.15, 0.2) is 0 Å². The Morgan fingerprint density at radius 2 is 2.20 bits per heavy atom. The smallest absolute Gasteiger partial charge is 0.122 e. The predicted octanol–water partition coefficient (Wildman–Crippen LogP) is 1.21. The van der Waals surface area contributed by atoms with Crippen LogP contribution in [0.2, 0.25) is 0 Å². The molecule has 4 nitrogen and oxygen atoms in total. The van der Waals surface area contributed by atoms with Gasteiger partial charge in [-0.3, -0.25) is 4.98 Å². The number of aryl methyl sites for hydroxylation is 1. The lowest BCUT2D eigenvalue weighted by molar-refractivity contribution is 0.969. The van der Waals surface area contributed by atoms with Crippen molar-refractivity contribution in [3.05, 3.63) is 42.2 Å². The fraction of sp³-hybridized carbons (Fsp3) is 0.100. The molecule has 0 saturated heterocycles. The van der Waals surface area contributed by atoms with Crippen LogP contribution >= 0.6 is 12.2 Å². The first kappa shape index (κ1) is 9.79. The van der Waals surface area contributed by atoms with Gasteiger partial charge >= 0.3 is 0 Å². The number of imidazole rings is 1. The fourth-order valence-electron chi connectivity index (χ4n) is 1.35. The lowest BCUT2D eigenvalue weighted by Crippen LogP contribution is -2.12. The highest BCUT2D eigenvalue weighted by Gasteiger charge is 2.03. The van der Waals surface area contributed by atoms with E-state index in [1.807, 2.05) is 29.8 Å². The minimum atomic E-state index is 0.301. The highest BCUT2D eigenvalue weighted by atomic mass is 32.1. The van der Waals surface area contributed by atoms with Gasteiger partial charge in [-0.15, -0.1) is 0 Å². The van der Waals surface area contributed by atoms with Gasteiger partial charge in [0.05, 0.1) is 11.4 Å². The van der Waals surface area contributed by atoms with Crippen LogP contribution < -0.4 is 5.73 Å². The molecule has 0 aliphatic heterocycles. The summed E-state index contributed by atoms with van der Waals surface area (Å²) in [6, 6.07) is 3.73. The maximum atomic E-state index is 5.52. The molecular formula is C10H10N4S. The molecule has 0 aromatic carbocycles. The van der Waals surface area contributed by atoms with Crippen LogP contribution in [0, 0.1) is 6.92 Å². The average molecular weight is 218 g/mol. The van der Waals surface area contributed by atoms with Gasteiger partial charge in [-0.2, -0.15) is 0 Å². The Morgan fingerprint density at radius 3 is 2.80 bits per heavy atom. The Labute approximate surface area is 92.8 Å². The van der Waals surface area contributed by atoms with Gasteiger partial charge in [-0.05, 0) is 19.1 Å². The van der Waals surface area contributed by atoms with Crippen molar-refractivity contribution >= 4 is 17.2 Å². The molecule has 0 bridgehead atoms. The number of nitrogens with zero attached hydrogens (tertiary/aromatic N) is 3. The lowest BCUT2D eigenvalue weighted by Gasteiger charge is -2.05. The summed E-state index contributed by atoms with van der Waals surface area (Å²) in [7, 11) is 0. The van der Waals surface area contributed by atoms with E-state index in [-0.39, 0.29) is 0 Å².